The molecule has 2 aromatic rings. The second-order valence-electron chi connectivity index (χ2n) is 8.84. The van der Waals surface area contributed by atoms with Gasteiger partial charge in [-0.15, -0.1) is 11.8 Å². The van der Waals surface area contributed by atoms with Gasteiger partial charge in [-0.2, -0.15) is 0 Å². The van der Waals surface area contributed by atoms with Gasteiger partial charge in [0.05, 0.1) is 25.8 Å². The first-order valence-electron chi connectivity index (χ1n) is 11.8. The Labute approximate surface area is 218 Å². The predicted molar refractivity (Wildman–Crippen MR) is 144 cm³/mol. The highest BCUT2D eigenvalue weighted by Crippen LogP contribution is 2.57. The van der Waals surface area contributed by atoms with Crippen LogP contribution in [0.25, 0.3) is 0 Å². The molecular formula is C26H29FN4O3S2. The summed E-state index contributed by atoms with van der Waals surface area (Å²) in [5.74, 6) is 0.568. The summed E-state index contributed by atoms with van der Waals surface area (Å²) in [6.07, 6.45) is 0.581. The maximum atomic E-state index is 16.2. The second kappa shape index (κ2) is 11.0. The van der Waals surface area contributed by atoms with E-state index in [1.165, 1.54) is 23.5 Å². The van der Waals surface area contributed by atoms with Crippen molar-refractivity contribution in [3.63, 3.8) is 0 Å². The first-order chi connectivity index (χ1) is 17.6. The highest BCUT2D eigenvalue weighted by molar-refractivity contribution is 8.16. The van der Waals surface area contributed by atoms with Crippen LogP contribution in [0.4, 0.5) is 4.39 Å². The average Bonchev–Trinajstić information content (AvgIpc) is 3.17. The van der Waals surface area contributed by atoms with Crippen LogP contribution >= 0.6 is 23.5 Å². The average molecular weight is 529 g/mol. The second-order valence-corrected chi connectivity index (χ2v) is 10.4. The molecule has 0 aromatic heterocycles. The van der Waals surface area contributed by atoms with E-state index in [1.807, 2.05) is 66.9 Å². The summed E-state index contributed by atoms with van der Waals surface area (Å²) >= 11 is 2.65. The van der Waals surface area contributed by atoms with Crippen LogP contribution in [0.1, 0.15) is 11.1 Å². The van der Waals surface area contributed by atoms with Crippen LogP contribution in [0.5, 0.6) is 0 Å². The number of aliphatic imine (C=N–C) groups is 2. The Morgan fingerprint density at radius 1 is 1.11 bits per heavy atom. The van der Waals surface area contributed by atoms with Gasteiger partial charge in [-0.25, -0.2) is 9.38 Å². The number of thioether (sulfide) groups is 2. The van der Waals surface area contributed by atoms with Gasteiger partial charge in [0, 0.05) is 0 Å². The smallest absolute Gasteiger partial charge is 0.180 e. The molecule has 0 radical (unpaired) electrons. The molecule has 0 bridgehead atoms. The van der Waals surface area contributed by atoms with Crippen LogP contribution in [-0.2, 0) is 27.4 Å². The molecule has 7 nitrogen and oxygen atoms in total. The maximum Gasteiger partial charge on any atom is 0.180 e. The molecule has 2 aliphatic heterocycles. The van der Waals surface area contributed by atoms with E-state index in [0.29, 0.717) is 24.0 Å². The maximum absolute atomic E-state index is 16.2. The molecule has 2 aromatic carbocycles. The third-order valence-corrected chi connectivity index (χ3v) is 7.79. The SMILES string of the molecule is CSC(=N)N=C(SC)C1=NCC([C@@H]2OC3C(OCc4ccccc4)[C@@]3(OCc3ccccc3)[C@H]2F)N1. The molecule has 2 fully saturated rings. The fraction of sp³-hybridized carbons (Fsp3) is 0.423. The van der Waals surface area contributed by atoms with Crippen LogP contribution < -0.4 is 5.32 Å². The van der Waals surface area contributed by atoms with Crippen LogP contribution in [0.2, 0.25) is 0 Å². The van der Waals surface area contributed by atoms with Crippen molar-refractivity contribution in [2.45, 2.75) is 49.3 Å². The minimum absolute atomic E-state index is 0.195. The number of hydrogen-bond acceptors (Lipinski definition) is 8. The summed E-state index contributed by atoms with van der Waals surface area (Å²) in [6, 6.07) is 19.2. The van der Waals surface area contributed by atoms with Gasteiger partial charge in [0.2, 0.25) is 0 Å². The van der Waals surface area contributed by atoms with Crippen molar-refractivity contribution >= 4 is 39.6 Å². The molecular weight excluding hydrogens is 499 g/mol. The summed E-state index contributed by atoms with van der Waals surface area (Å²) in [5, 5.41) is 11.9. The lowest BCUT2D eigenvalue weighted by Gasteiger charge is -2.28. The monoisotopic (exact) mass is 528 g/mol. The molecule has 36 heavy (non-hydrogen) atoms. The summed E-state index contributed by atoms with van der Waals surface area (Å²) in [6.45, 7) is 1.01. The molecule has 0 amide bonds. The number of fused-ring (bicyclic) bond motifs is 1. The van der Waals surface area contributed by atoms with E-state index >= 15 is 4.39 Å². The van der Waals surface area contributed by atoms with Crippen molar-refractivity contribution in [2.24, 2.45) is 9.98 Å². The lowest BCUT2D eigenvalue weighted by atomic mass is 10.0. The number of halogens is 1. The van der Waals surface area contributed by atoms with E-state index in [0.717, 1.165) is 11.1 Å². The van der Waals surface area contributed by atoms with E-state index in [4.69, 9.17) is 19.6 Å². The van der Waals surface area contributed by atoms with Gasteiger partial charge in [-0.1, -0.05) is 72.4 Å². The molecule has 1 saturated carbocycles. The Kier molecular flexibility index (Phi) is 7.78. The first-order valence-corrected chi connectivity index (χ1v) is 14.2. The van der Waals surface area contributed by atoms with Gasteiger partial charge < -0.3 is 19.5 Å². The minimum Gasteiger partial charge on any atom is -0.367 e. The van der Waals surface area contributed by atoms with E-state index in [2.05, 4.69) is 15.3 Å². The first kappa shape index (κ1) is 25.4. The summed E-state index contributed by atoms with van der Waals surface area (Å²) in [4.78, 5) is 8.83. The standard InChI is InChI=1S/C26H29FN4O3S2/c1-35-24(31-25(28)36-2)23-29-13-18(30-23)19-20(27)26(33-15-17-11-7-4-8-12-17)21(22(26)34-19)32-14-16-9-5-3-6-10-16/h3-12,18-22,28H,13-15H2,1-2H3,(H,29,30)/t18?,19-,20-,21?,22?,26-/m0/s1. The third kappa shape index (κ3) is 4.97. The molecule has 5 rings (SSSR count). The van der Waals surface area contributed by atoms with Gasteiger partial charge in [0.15, 0.2) is 22.8 Å². The summed E-state index contributed by atoms with van der Waals surface area (Å²) in [7, 11) is 0. The molecule has 6 atom stereocenters. The zero-order valence-electron chi connectivity index (χ0n) is 20.1. The number of amidine groups is 2. The molecule has 3 aliphatic rings. The van der Waals surface area contributed by atoms with E-state index in [1.54, 1.807) is 6.26 Å². The Balaban J connectivity index is 1.28. The molecule has 1 aliphatic carbocycles. The quantitative estimate of drug-likeness (QED) is 0.397. The lowest BCUT2D eigenvalue weighted by Crippen LogP contribution is -2.50. The Morgan fingerprint density at radius 3 is 2.42 bits per heavy atom. The highest BCUT2D eigenvalue weighted by atomic mass is 32.2. The Bertz CT molecular complexity index is 1140. The zero-order valence-corrected chi connectivity index (χ0v) is 21.7. The topological polar surface area (TPSA) is 88.3 Å². The number of ether oxygens (including phenoxy) is 3. The molecule has 0 spiro atoms. The molecule has 3 unspecified atom stereocenters. The lowest BCUT2D eigenvalue weighted by molar-refractivity contribution is -0.0931. The zero-order chi connectivity index (χ0) is 25.1. The van der Waals surface area contributed by atoms with Crippen molar-refractivity contribution in [3.8, 4) is 0 Å². The Hall–Kier alpha value is -2.24. The van der Waals surface area contributed by atoms with E-state index in [-0.39, 0.29) is 17.8 Å². The Morgan fingerprint density at radius 2 is 1.78 bits per heavy atom. The largest absolute Gasteiger partial charge is 0.367 e. The van der Waals surface area contributed by atoms with Crippen molar-refractivity contribution in [2.75, 3.05) is 19.1 Å². The molecule has 1 saturated heterocycles. The normalized spacial score (nSPS) is 31.0. The van der Waals surface area contributed by atoms with Crippen molar-refractivity contribution < 1.29 is 18.6 Å². The van der Waals surface area contributed by atoms with Crippen LogP contribution in [0, 0.1) is 5.41 Å². The van der Waals surface area contributed by atoms with Gasteiger partial charge in [0.1, 0.15) is 23.4 Å². The van der Waals surface area contributed by atoms with Crippen LogP contribution in [-0.4, -0.2) is 71.2 Å². The van der Waals surface area contributed by atoms with E-state index < -0.39 is 30.1 Å². The number of nitrogens with zero attached hydrogens (tertiary/aromatic N) is 2. The molecule has 190 valence electrons. The fourth-order valence-corrected chi connectivity index (χ4v) is 5.46. The number of rotatable bonds is 8. The molecule has 2 N–H and O–H groups in total. The molecule has 2 heterocycles. The minimum atomic E-state index is -1.39. The van der Waals surface area contributed by atoms with Crippen LogP contribution in [0.15, 0.2) is 70.6 Å². The van der Waals surface area contributed by atoms with E-state index in [9.17, 15) is 0 Å². The van der Waals surface area contributed by atoms with Gasteiger partial charge in [-0.3, -0.25) is 10.4 Å². The van der Waals surface area contributed by atoms with Crippen molar-refractivity contribution in [1.82, 2.24) is 5.32 Å². The number of benzene rings is 2. The van der Waals surface area contributed by atoms with Gasteiger partial charge in [-0.05, 0) is 23.6 Å². The summed E-state index contributed by atoms with van der Waals surface area (Å²) in [5.41, 5.74) is 0.830. The number of nitrogens with one attached hydrogen (secondary N) is 2. The van der Waals surface area contributed by atoms with Crippen molar-refractivity contribution in [3.05, 3.63) is 71.8 Å². The van der Waals surface area contributed by atoms with Crippen molar-refractivity contribution in [1.29, 1.82) is 5.41 Å². The van der Waals surface area contributed by atoms with Gasteiger partial charge >= 0.3 is 0 Å². The van der Waals surface area contributed by atoms with Crippen LogP contribution in [0.3, 0.4) is 0 Å². The number of hydrogen-bond donors (Lipinski definition) is 2. The highest BCUT2D eigenvalue weighted by Gasteiger charge is 2.80. The molecule has 10 heteroatoms. The predicted octanol–water partition coefficient (Wildman–Crippen LogP) is 4.08. The number of alkyl halides is 1. The fourth-order valence-electron chi connectivity index (χ4n) is 4.72. The third-order valence-electron chi connectivity index (χ3n) is 6.64. The summed E-state index contributed by atoms with van der Waals surface area (Å²) < 4.78 is 34.8. The van der Waals surface area contributed by atoms with Gasteiger partial charge in [0.25, 0.3) is 0 Å².